The first kappa shape index (κ1) is 28.5. The summed E-state index contributed by atoms with van der Waals surface area (Å²) < 4.78 is 6.37. The van der Waals surface area contributed by atoms with Gasteiger partial charge in [0.25, 0.3) is 5.91 Å². The van der Waals surface area contributed by atoms with E-state index >= 15 is 0 Å². The second kappa shape index (κ2) is 13.9. The van der Waals surface area contributed by atoms with Gasteiger partial charge in [0.15, 0.2) is 0 Å². The molecule has 7 heteroatoms. The molecule has 0 unspecified atom stereocenters. The number of benzene rings is 2. The number of carbonyl (C=O) groups excluding carboxylic acids is 2. The van der Waals surface area contributed by atoms with Crippen LogP contribution in [0.5, 0.6) is 0 Å². The summed E-state index contributed by atoms with van der Waals surface area (Å²) >= 11 is 3.37. The van der Waals surface area contributed by atoms with Gasteiger partial charge in [-0.3, -0.25) is 4.79 Å². The maximum Gasteiger partial charge on any atom is 0.410 e. The van der Waals surface area contributed by atoms with Crippen molar-refractivity contribution in [2.24, 2.45) is 0 Å². The van der Waals surface area contributed by atoms with E-state index in [1.165, 1.54) is 0 Å². The molecule has 0 aromatic heterocycles. The molecular weight excluding hydrogens is 482 g/mol. The van der Waals surface area contributed by atoms with Crippen molar-refractivity contribution >= 4 is 39.3 Å². The molecule has 0 atom stereocenters. The lowest BCUT2D eigenvalue weighted by Crippen LogP contribution is -2.50. The fourth-order valence-electron chi connectivity index (χ4n) is 3.03. The van der Waals surface area contributed by atoms with Crippen LogP contribution in [-0.4, -0.2) is 48.7 Å². The van der Waals surface area contributed by atoms with Gasteiger partial charge in [0.1, 0.15) is 5.60 Å². The van der Waals surface area contributed by atoms with Gasteiger partial charge in [-0.2, -0.15) is 0 Å². The van der Waals surface area contributed by atoms with Crippen molar-refractivity contribution in [2.45, 2.75) is 54.1 Å². The highest BCUT2D eigenvalue weighted by Crippen LogP contribution is 2.21. The number of anilines is 2. The minimum absolute atomic E-state index is 0.142. The largest absolute Gasteiger partial charge is 0.444 e. The quantitative estimate of drug-likeness (QED) is 0.483. The third-order valence-corrected chi connectivity index (χ3v) is 5.06. The molecule has 1 N–H and O–H groups in total. The Bertz CT molecular complexity index is 854. The summed E-state index contributed by atoms with van der Waals surface area (Å²) in [6, 6.07) is 15.0. The molecule has 1 aliphatic heterocycles. The third kappa shape index (κ3) is 9.46. The first-order valence-electron chi connectivity index (χ1n) is 11.6. The van der Waals surface area contributed by atoms with E-state index in [0.717, 1.165) is 28.9 Å². The Balaban J connectivity index is 0.00000129. The molecule has 6 nitrogen and oxygen atoms in total. The van der Waals surface area contributed by atoms with E-state index in [0.29, 0.717) is 18.7 Å². The standard InChI is InChI=1S/C22H26BrN3O3.2C2H6/c1-22(2,3)29-21(28)26-14-12-25(13-15-26)19-10-8-18(9-11-19)24-20(27)16-4-6-17(23)7-5-16;2*1-2/h4-11H,12-15H2,1-3H3,(H,24,27);2*1-2H3. The molecule has 182 valence electrons. The fourth-order valence-corrected chi connectivity index (χ4v) is 3.30. The van der Waals surface area contributed by atoms with E-state index < -0.39 is 5.60 Å². The van der Waals surface area contributed by atoms with Crippen LogP contribution in [0.3, 0.4) is 0 Å². The Morgan fingerprint density at radius 2 is 1.36 bits per heavy atom. The number of piperazine rings is 1. The van der Waals surface area contributed by atoms with Crippen LogP contribution in [0.1, 0.15) is 58.8 Å². The summed E-state index contributed by atoms with van der Waals surface area (Å²) in [6.07, 6.45) is -0.261. The Hall–Kier alpha value is -2.54. The van der Waals surface area contributed by atoms with Crippen LogP contribution in [0.4, 0.5) is 16.2 Å². The van der Waals surface area contributed by atoms with Gasteiger partial charge < -0.3 is 19.9 Å². The maximum absolute atomic E-state index is 12.3. The average molecular weight is 521 g/mol. The lowest BCUT2D eigenvalue weighted by Gasteiger charge is -2.36. The zero-order valence-electron chi connectivity index (χ0n) is 20.9. The van der Waals surface area contributed by atoms with Crippen LogP contribution in [0.15, 0.2) is 53.0 Å². The number of ether oxygens (including phenoxy) is 1. The van der Waals surface area contributed by atoms with Crippen LogP contribution in [0.25, 0.3) is 0 Å². The topological polar surface area (TPSA) is 61.9 Å². The second-order valence-corrected chi connectivity index (χ2v) is 8.88. The third-order valence-electron chi connectivity index (χ3n) is 4.53. The second-order valence-electron chi connectivity index (χ2n) is 7.96. The number of hydrogen-bond acceptors (Lipinski definition) is 4. The van der Waals surface area contributed by atoms with Crippen LogP contribution in [0.2, 0.25) is 0 Å². The highest BCUT2D eigenvalue weighted by atomic mass is 79.9. The lowest BCUT2D eigenvalue weighted by molar-refractivity contribution is 0.0240. The molecule has 1 heterocycles. The molecule has 1 fully saturated rings. The van der Waals surface area contributed by atoms with Gasteiger partial charge >= 0.3 is 6.09 Å². The summed E-state index contributed by atoms with van der Waals surface area (Å²) in [7, 11) is 0. The van der Waals surface area contributed by atoms with Crippen molar-refractivity contribution < 1.29 is 14.3 Å². The minimum atomic E-state index is -0.481. The highest BCUT2D eigenvalue weighted by Gasteiger charge is 2.25. The van der Waals surface area contributed by atoms with E-state index in [9.17, 15) is 9.59 Å². The molecule has 1 aliphatic rings. The average Bonchev–Trinajstić information content (AvgIpc) is 2.81. The molecule has 2 aromatic rings. The number of rotatable bonds is 3. The zero-order valence-corrected chi connectivity index (χ0v) is 22.5. The molecule has 33 heavy (non-hydrogen) atoms. The molecular formula is C26H38BrN3O3. The predicted molar refractivity (Wildman–Crippen MR) is 141 cm³/mol. The van der Waals surface area contributed by atoms with E-state index in [1.54, 1.807) is 17.0 Å². The van der Waals surface area contributed by atoms with Crippen molar-refractivity contribution in [1.29, 1.82) is 0 Å². The van der Waals surface area contributed by atoms with Gasteiger partial charge in [-0.05, 0) is 69.3 Å². The van der Waals surface area contributed by atoms with Crippen LogP contribution >= 0.6 is 15.9 Å². The van der Waals surface area contributed by atoms with Crippen LogP contribution < -0.4 is 10.2 Å². The van der Waals surface area contributed by atoms with E-state index in [1.807, 2.05) is 84.9 Å². The summed E-state index contributed by atoms with van der Waals surface area (Å²) in [5.74, 6) is -0.142. The van der Waals surface area contributed by atoms with Crippen molar-refractivity contribution in [3.8, 4) is 0 Å². The highest BCUT2D eigenvalue weighted by molar-refractivity contribution is 9.10. The lowest BCUT2D eigenvalue weighted by atomic mass is 10.2. The Kier molecular flexibility index (Phi) is 12.0. The summed E-state index contributed by atoms with van der Waals surface area (Å²) in [4.78, 5) is 28.5. The number of hydrogen-bond donors (Lipinski definition) is 1. The molecule has 0 saturated carbocycles. The smallest absolute Gasteiger partial charge is 0.410 e. The molecule has 3 rings (SSSR count). The Morgan fingerprint density at radius 1 is 0.848 bits per heavy atom. The number of carbonyl (C=O) groups is 2. The molecule has 2 amide bonds. The molecule has 0 radical (unpaired) electrons. The molecule has 0 bridgehead atoms. The Labute approximate surface area is 207 Å². The van der Waals surface area contributed by atoms with Crippen molar-refractivity contribution in [1.82, 2.24) is 4.90 Å². The van der Waals surface area contributed by atoms with Crippen molar-refractivity contribution in [2.75, 3.05) is 36.4 Å². The van der Waals surface area contributed by atoms with E-state index in [2.05, 4.69) is 26.1 Å². The van der Waals surface area contributed by atoms with Crippen molar-refractivity contribution in [3.63, 3.8) is 0 Å². The molecule has 2 aromatic carbocycles. The van der Waals surface area contributed by atoms with Gasteiger partial charge in [0.2, 0.25) is 0 Å². The first-order chi connectivity index (χ1) is 15.7. The summed E-state index contributed by atoms with van der Waals surface area (Å²) in [5.41, 5.74) is 1.94. The van der Waals surface area contributed by atoms with E-state index in [-0.39, 0.29) is 12.0 Å². The zero-order chi connectivity index (χ0) is 25.0. The molecule has 0 spiro atoms. The van der Waals surface area contributed by atoms with Crippen molar-refractivity contribution in [3.05, 3.63) is 58.6 Å². The molecule has 0 aliphatic carbocycles. The maximum atomic E-state index is 12.3. The summed E-state index contributed by atoms with van der Waals surface area (Å²) in [6.45, 7) is 16.3. The van der Waals surface area contributed by atoms with Gasteiger partial charge in [0, 0.05) is 47.6 Å². The fraction of sp³-hybridized carbons (Fsp3) is 0.462. The SMILES string of the molecule is CC.CC.CC(C)(C)OC(=O)N1CCN(c2ccc(NC(=O)c3ccc(Br)cc3)cc2)CC1. The van der Waals surface area contributed by atoms with E-state index in [4.69, 9.17) is 4.74 Å². The van der Waals surface area contributed by atoms with Gasteiger partial charge in [0.05, 0.1) is 0 Å². The normalized spacial score (nSPS) is 13.1. The van der Waals surface area contributed by atoms with Crippen LogP contribution in [-0.2, 0) is 4.74 Å². The van der Waals surface area contributed by atoms with Gasteiger partial charge in [-0.25, -0.2) is 4.79 Å². The monoisotopic (exact) mass is 519 g/mol. The Morgan fingerprint density at radius 3 is 1.85 bits per heavy atom. The number of nitrogens with zero attached hydrogens (tertiary/aromatic N) is 2. The van der Waals surface area contributed by atoms with Crippen LogP contribution in [0, 0.1) is 0 Å². The predicted octanol–water partition coefficient (Wildman–Crippen LogP) is 6.81. The van der Waals surface area contributed by atoms with Gasteiger partial charge in [-0.1, -0.05) is 43.6 Å². The number of amides is 2. The number of nitrogens with one attached hydrogen (secondary N) is 1. The minimum Gasteiger partial charge on any atom is -0.444 e. The molecule has 1 saturated heterocycles. The summed E-state index contributed by atoms with van der Waals surface area (Å²) in [5, 5.41) is 2.91. The number of halogens is 1. The van der Waals surface area contributed by atoms with Gasteiger partial charge in [-0.15, -0.1) is 0 Å². The first-order valence-corrected chi connectivity index (χ1v) is 12.4.